The van der Waals surface area contributed by atoms with E-state index in [9.17, 15) is 14.5 Å². The predicted octanol–water partition coefficient (Wildman–Crippen LogP) is 4.12. The zero-order valence-corrected chi connectivity index (χ0v) is 12.7. The molecule has 0 saturated heterocycles. The minimum Gasteiger partial charge on any atom is -0.495 e. The van der Waals surface area contributed by atoms with E-state index < -0.39 is 4.92 Å². The molecule has 0 aliphatic heterocycles. The van der Waals surface area contributed by atoms with E-state index in [1.54, 1.807) is 12.1 Å². The molecule has 0 fully saturated rings. The van der Waals surface area contributed by atoms with Gasteiger partial charge in [-0.3, -0.25) is 10.1 Å². The van der Waals surface area contributed by atoms with Gasteiger partial charge in [0.05, 0.1) is 22.2 Å². The average molecular weight is 355 g/mol. The van der Waals surface area contributed by atoms with Gasteiger partial charge in [0.15, 0.2) is 0 Å². The average Bonchev–Trinajstić information content (AvgIpc) is 2.48. The SMILES string of the molecule is COc1ccc([N+](=O)[O-])cc1NCc1ccc(Br)c(F)c1. The molecule has 0 heterocycles. The van der Waals surface area contributed by atoms with Crippen molar-refractivity contribution in [3.63, 3.8) is 0 Å². The number of nitrogens with zero attached hydrogens (tertiary/aromatic N) is 1. The van der Waals surface area contributed by atoms with Crippen LogP contribution in [0.4, 0.5) is 15.8 Å². The second-order valence-electron chi connectivity index (χ2n) is 4.24. The number of nitrogens with one attached hydrogen (secondary N) is 1. The third-order valence-electron chi connectivity index (χ3n) is 2.86. The minimum absolute atomic E-state index is 0.0414. The molecule has 0 aliphatic rings. The molecule has 110 valence electrons. The number of benzene rings is 2. The molecule has 2 rings (SSSR count). The maximum absolute atomic E-state index is 13.4. The lowest BCUT2D eigenvalue weighted by molar-refractivity contribution is -0.384. The molecule has 7 heteroatoms. The normalized spacial score (nSPS) is 10.2. The van der Waals surface area contributed by atoms with Crippen molar-refractivity contribution in [2.24, 2.45) is 0 Å². The van der Waals surface area contributed by atoms with E-state index in [1.807, 2.05) is 0 Å². The van der Waals surface area contributed by atoms with Crippen molar-refractivity contribution in [2.45, 2.75) is 6.54 Å². The van der Waals surface area contributed by atoms with Gasteiger partial charge in [-0.25, -0.2) is 4.39 Å². The molecule has 0 spiro atoms. The molecule has 0 bridgehead atoms. The molecule has 0 unspecified atom stereocenters. The first-order chi connectivity index (χ1) is 10.0. The van der Waals surface area contributed by atoms with Gasteiger partial charge < -0.3 is 10.1 Å². The number of nitro groups is 1. The van der Waals surface area contributed by atoms with Crippen LogP contribution < -0.4 is 10.1 Å². The third-order valence-corrected chi connectivity index (χ3v) is 3.50. The van der Waals surface area contributed by atoms with Crippen molar-refractivity contribution in [1.82, 2.24) is 0 Å². The summed E-state index contributed by atoms with van der Waals surface area (Å²) in [4.78, 5) is 10.3. The van der Waals surface area contributed by atoms with Crippen LogP contribution in [0.3, 0.4) is 0 Å². The number of ether oxygens (including phenoxy) is 1. The quantitative estimate of drug-likeness (QED) is 0.647. The largest absolute Gasteiger partial charge is 0.495 e. The van der Waals surface area contributed by atoms with Gasteiger partial charge in [-0.1, -0.05) is 6.07 Å². The summed E-state index contributed by atoms with van der Waals surface area (Å²) < 4.78 is 19.0. The zero-order chi connectivity index (χ0) is 15.4. The topological polar surface area (TPSA) is 64.4 Å². The standard InChI is InChI=1S/C14H12BrFN2O3/c1-21-14-5-3-10(18(19)20)7-13(14)17-8-9-2-4-11(15)12(16)6-9/h2-7,17H,8H2,1H3. The second kappa shape index (κ2) is 6.53. The Labute approximate surface area is 129 Å². The summed E-state index contributed by atoms with van der Waals surface area (Å²) in [5.41, 5.74) is 1.15. The van der Waals surface area contributed by atoms with Gasteiger partial charge in [-0.05, 0) is 39.7 Å². The van der Waals surface area contributed by atoms with Crippen LogP contribution in [0.5, 0.6) is 5.75 Å². The van der Waals surface area contributed by atoms with Crippen molar-refractivity contribution >= 4 is 27.3 Å². The van der Waals surface area contributed by atoms with E-state index in [0.29, 0.717) is 28.0 Å². The van der Waals surface area contributed by atoms with Crippen molar-refractivity contribution in [1.29, 1.82) is 0 Å². The Morgan fingerprint density at radius 1 is 1.33 bits per heavy atom. The number of nitro benzene ring substituents is 1. The first-order valence-electron chi connectivity index (χ1n) is 6.01. The molecule has 0 aliphatic carbocycles. The van der Waals surface area contributed by atoms with E-state index in [-0.39, 0.29) is 11.5 Å². The van der Waals surface area contributed by atoms with Crippen LogP contribution in [0.1, 0.15) is 5.56 Å². The smallest absolute Gasteiger partial charge is 0.271 e. The number of hydrogen-bond donors (Lipinski definition) is 1. The maximum atomic E-state index is 13.4. The fourth-order valence-electron chi connectivity index (χ4n) is 1.79. The van der Waals surface area contributed by atoms with Gasteiger partial charge in [0, 0.05) is 18.7 Å². The molecule has 21 heavy (non-hydrogen) atoms. The third kappa shape index (κ3) is 3.69. The van der Waals surface area contributed by atoms with E-state index in [0.717, 1.165) is 0 Å². The van der Waals surface area contributed by atoms with E-state index in [4.69, 9.17) is 4.74 Å². The van der Waals surface area contributed by atoms with Crippen LogP contribution in [0.2, 0.25) is 0 Å². The van der Waals surface area contributed by atoms with Gasteiger partial charge in [0.2, 0.25) is 0 Å². The summed E-state index contributed by atoms with van der Waals surface area (Å²) in [6.45, 7) is 0.321. The Balaban J connectivity index is 2.19. The summed E-state index contributed by atoms with van der Waals surface area (Å²) in [6, 6.07) is 9.02. The zero-order valence-electron chi connectivity index (χ0n) is 11.1. The molecule has 1 N–H and O–H groups in total. The fourth-order valence-corrected chi connectivity index (χ4v) is 2.04. The molecule has 2 aromatic carbocycles. The Morgan fingerprint density at radius 3 is 2.71 bits per heavy atom. The number of methoxy groups -OCH3 is 1. The number of halogens is 2. The van der Waals surface area contributed by atoms with Crippen LogP contribution in [-0.2, 0) is 6.54 Å². The van der Waals surface area contributed by atoms with Gasteiger partial charge in [0.25, 0.3) is 5.69 Å². The fraction of sp³-hybridized carbons (Fsp3) is 0.143. The Bertz CT molecular complexity index is 679. The summed E-state index contributed by atoms with van der Waals surface area (Å²) in [6.07, 6.45) is 0. The van der Waals surface area contributed by atoms with Crippen LogP contribution in [0, 0.1) is 15.9 Å². The molecule has 5 nitrogen and oxygen atoms in total. The maximum Gasteiger partial charge on any atom is 0.271 e. The summed E-state index contributed by atoms with van der Waals surface area (Å²) >= 11 is 3.08. The van der Waals surface area contributed by atoms with Crippen LogP contribution in [0.25, 0.3) is 0 Å². The van der Waals surface area contributed by atoms with E-state index >= 15 is 0 Å². The molecule has 0 aromatic heterocycles. The minimum atomic E-state index is -0.482. The monoisotopic (exact) mass is 354 g/mol. The number of anilines is 1. The highest BCUT2D eigenvalue weighted by molar-refractivity contribution is 9.10. The first kappa shape index (κ1) is 15.2. The van der Waals surface area contributed by atoms with Gasteiger partial charge in [-0.15, -0.1) is 0 Å². The number of non-ortho nitro benzene ring substituents is 1. The molecule has 0 radical (unpaired) electrons. The van der Waals surface area contributed by atoms with Gasteiger partial charge >= 0.3 is 0 Å². The molecule has 0 amide bonds. The highest BCUT2D eigenvalue weighted by Gasteiger charge is 2.11. The highest BCUT2D eigenvalue weighted by Crippen LogP contribution is 2.29. The molecule has 2 aromatic rings. The lowest BCUT2D eigenvalue weighted by atomic mass is 10.2. The van der Waals surface area contributed by atoms with Crippen molar-refractivity contribution in [2.75, 3.05) is 12.4 Å². The lowest BCUT2D eigenvalue weighted by Crippen LogP contribution is -2.02. The van der Waals surface area contributed by atoms with Crippen LogP contribution in [-0.4, -0.2) is 12.0 Å². The second-order valence-corrected chi connectivity index (χ2v) is 5.10. The Kier molecular flexibility index (Phi) is 4.74. The van der Waals surface area contributed by atoms with Gasteiger partial charge in [-0.2, -0.15) is 0 Å². The van der Waals surface area contributed by atoms with Crippen LogP contribution in [0.15, 0.2) is 40.9 Å². The van der Waals surface area contributed by atoms with Crippen molar-refractivity contribution < 1.29 is 14.1 Å². The Morgan fingerprint density at radius 2 is 2.10 bits per heavy atom. The predicted molar refractivity (Wildman–Crippen MR) is 81.1 cm³/mol. The van der Waals surface area contributed by atoms with E-state index in [2.05, 4.69) is 21.2 Å². The number of hydrogen-bond acceptors (Lipinski definition) is 4. The summed E-state index contributed by atoms with van der Waals surface area (Å²) in [5.74, 6) is 0.124. The molecular formula is C14H12BrFN2O3. The Hall–Kier alpha value is -2.15. The number of rotatable bonds is 5. The first-order valence-corrected chi connectivity index (χ1v) is 6.81. The molecular weight excluding hydrogens is 343 g/mol. The van der Waals surface area contributed by atoms with E-state index in [1.165, 1.54) is 31.4 Å². The molecule has 0 atom stereocenters. The molecule has 0 saturated carbocycles. The summed E-state index contributed by atoms with van der Waals surface area (Å²) in [5, 5.41) is 13.8. The van der Waals surface area contributed by atoms with Crippen molar-refractivity contribution in [3.8, 4) is 5.75 Å². The lowest BCUT2D eigenvalue weighted by Gasteiger charge is -2.11. The van der Waals surface area contributed by atoms with Gasteiger partial charge in [0.1, 0.15) is 11.6 Å². The highest BCUT2D eigenvalue weighted by atomic mass is 79.9. The van der Waals surface area contributed by atoms with Crippen LogP contribution >= 0.6 is 15.9 Å². The van der Waals surface area contributed by atoms with Crippen molar-refractivity contribution in [3.05, 3.63) is 62.4 Å². The summed E-state index contributed by atoms with van der Waals surface area (Å²) in [7, 11) is 1.48.